The van der Waals surface area contributed by atoms with E-state index in [0.717, 1.165) is 6.42 Å². The fourth-order valence-electron chi connectivity index (χ4n) is 1.52. The van der Waals surface area contributed by atoms with E-state index in [0.29, 0.717) is 44.3 Å². The number of rotatable bonds is 9. The van der Waals surface area contributed by atoms with E-state index >= 15 is 0 Å². The molecule has 116 valence electrons. The highest BCUT2D eigenvalue weighted by atomic mass is 35.5. The van der Waals surface area contributed by atoms with Gasteiger partial charge in [0.2, 0.25) is 0 Å². The molecule has 0 spiro atoms. The lowest BCUT2D eigenvalue weighted by Gasteiger charge is -2.08. The van der Waals surface area contributed by atoms with E-state index in [4.69, 9.17) is 25.8 Å². The third kappa shape index (κ3) is 7.91. The largest absolute Gasteiger partial charge is 0.488 e. The molecule has 5 heteroatoms. The molecule has 0 fully saturated rings. The summed E-state index contributed by atoms with van der Waals surface area (Å²) < 4.78 is 29.2. The molecule has 1 aromatic rings. The quantitative estimate of drug-likeness (QED) is 0.398. The fraction of sp³-hybridized carbons (Fsp3) is 0.500. The van der Waals surface area contributed by atoms with Crippen molar-refractivity contribution in [1.82, 2.24) is 0 Å². The molecular formula is C16H20ClFO3. The van der Waals surface area contributed by atoms with Crippen LogP contribution in [0.1, 0.15) is 18.4 Å². The van der Waals surface area contributed by atoms with Crippen molar-refractivity contribution in [3.8, 4) is 17.6 Å². The van der Waals surface area contributed by atoms with Gasteiger partial charge in [-0.2, -0.15) is 0 Å². The molecule has 0 aliphatic carbocycles. The Hall–Kier alpha value is -1.28. The molecule has 0 bridgehead atoms. The van der Waals surface area contributed by atoms with Crippen LogP contribution >= 0.6 is 11.6 Å². The second kappa shape index (κ2) is 11.4. The third-order valence-corrected chi connectivity index (χ3v) is 2.69. The standard InChI is InChI=1S/C16H20ClFO3/c1-19-9-4-10-20-11-12-21-16-13-14(5-2-3-8-17)6-7-15(16)18/h6-7,13H,3-4,8-12H2,1H3. The van der Waals surface area contributed by atoms with Gasteiger partial charge in [-0.25, -0.2) is 4.39 Å². The number of halogens is 2. The minimum atomic E-state index is -0.405. The molecule has 0 radical (unpaired) electrons. The van der Waals surface area contributed by atoms with E-state index in [9.17, 15) is 4.39 Å². The van der Waals surface area contributed by atoms with Crippen LogP contribution in [-0.4, -0.2) is 39.4 Å². The van der Waals surface area contributed by atoms with Crippen LogP contribution in [0.2, 0.25) is 0 Å². The lowest BCUT2D eigenvalue weighted by molar-refractivity contribution is 0.0797. The van der Waals surface area contributed by atoms with Crippen molar-refractivity contribution in [3.63, 3.8) is 0 Å². The third-order valence-electron chi connectivity index (χ3n) is 2.51. The van der Waals surface area contributed by atoms with Crippen LogP contribution in [0.25, 0.3) is 0 Å². The van der Waals surface area contributed by atoms with Crippen molar-refractivity contribution in [2.45, 2.75) is 12.8 Å². The predicted octanol–water partition coefficient (Wildman–Crippen LogP) is 3.24. The predicted molar refractivity (Wildman–Crippen MR) is 81.4 cm³/mol. The number of alkyl halides is 1. The Labute approximate surface area is 130 Å². The maximum atomic E-state index is 13.6. The van der Waals surface area contributed by atoms with Gasteiger partial charge in [-0.3, -0.25) is 0 Å². The number of hydrogen-bond donors (Lipinski definition) is 0. The van der Waals surface area contributed by atoms with Crippen LogP contribution in [-0.2, 0) is 9.47 Å². The van der Waals surface area contributed by atoms with Crippen molar-refractivity contribution in [3.05, 3.63) is 29.6 Å². The van der Waals surface area contributed by atoms with Crippen molar-refractivity contribution in [1.29, 1.82) is 0 Å². The lowest BCUT2D eigenvalue weighted by Crippen LogP contribution is -2.09. The molecule has 0 aliphatic rings. The molecular weight excluding hydrogens is 295 g/mol. The zero-order valence-corrected chi connectivity index (χ0v) is 12.9. The summed E-state index contributed by atoms with van der Waals surface area (Å²) in [6, 6.07) is 4.55. The molecule has 0 saturated heterocycles. The highest BCUT2D eigenvalue weighted by molar-refractivity contribution is 6.18. The molecule has 0 amide bonds. The van der Waals surface area contributed by atoms with Gasteiger partial charge in [0, 0.05) is 38.2 Å². The summed E-state index contributed by atoms with van der Waals surface area (Å²) >= 11 is 5.55. The molecule has 1 aromatic carbocycles. The smallest absolute Gasteiger partial charge is 0.165 e. The first kappa shape index (κ1) is 17.8. The number of methoxy groups -OCH3 is 1. The molecule has 0 atom stereocenters. The van der Waals surface area contributed by atoms with Crippen LogP contribution in [0.3, 0.4) is 0 Å². The van der Waals surface area contributed by atoms with E-state index in [2.05, 4.69) is 11.8 Å². The topological polar surface area (TPSA) is 27.7 Å². The molecule has 0 saturated carbocycles. The lowest BCUT2D eigenvalue weighted by atomic mass is 10.2. The van der Waals surface area contributed by atoms with Gasteiger partial charge in [-0.05, 0) is 24.6 Å². The van der Waals surface area contributed by atoms with Gasteiger partial charge in [0.15, 0.2) is 11.6 Å². The van der Waals surface area contributed by atoms with Crippen LogP contribution in [0.4, 0.5) is 4.39 Å². The minimum Gasteiger partial charge on any atom is -0.488 e. The van der Waals surface area contributed by atoms with Crippen LogP contribution in [0, 0.1) is 17.7 Å². The summed E-state index contributed by atoms with van der Waals surface area (Å²) in [6.07, 6.45) is 1.43. The Morgan fingerprint density at radius 2 is 2.05 bits per heavy atom. The summed E-state index contributed by atoms with van der Waals surface area (Å²) in [6.45, 7) is 1.97. The number of ether oxygens (including phenoxy) is 3. The van der Waals surface area contributed by atoms with Gasteiger partial charge in [-0.1, -0.05) is 11.8 Å². The second-order valence-electron chi connectivity index (χ2n) is 4.19. The minimum absolute atomic E-state index is 0.188. The summed E-state index contributed by atoms with van der Waals surface area (Å²) in [5.74, 6) is 6.08. The van der Waals surface area contributed by atoms with Crippen LogP contribution in [0.5, 0.6) is 5.75 Å². The zero-order valence-electron chi connectivity index (χ0n) is 12.2. The second-order valence-corrected chi connectivity index (χ2v) is 4.57. The van der Waals surface area contributed by atoms with Crippen molar-refractivity contribution >= 4 is 11.6 Å². The molecule has 21 heavy (non-hydrogen) atoms. The van der Waals surface area contributed by atoms with Gasteiger partial charge in [0.25, 0.3) is 0 Å². The summed E-state index contributed by atoms with van der Waals surface area (Å²) in [5.41, 5.74) is 0.706. The molecule has 0 N–H and O–H groups in total. The van der Waals surface area contributed by atoms with Crippen molar-refractivity contribution in [2.24, 2.45) is 0 Å². The fourth-order valence-corrected chi connectivity index (χ4v) is 1.62. The van der Waals surface area contributed by atoms with Gasteiger partial charge in [0.05, 0.1) is 6.61 Å². The first-order valence-electron chi connectivity index (χ1n) is 6.81. The molecule has 1 rings (SSSR count). The van der Waals surface area contributed by atoms with Crippen molar-refractivity contribution < 1.29 is 18.6 Å². The summed E-state index contributed by atoms with van der Waals surface area (Å²) in [5, 5.41) is 0. The van der Waals surface area contributed by atoms with Crippen LogP contribution < -0.4 is 4.74 Å². The molecule has 0 unspecified atom stereocenters. The molecule has 0 aromatic heterocycles. The number of benzene rings is 1. The maximum Gasteiger partial charge on any atom is 0.165 e. The molecule has 0 heterocycles. The van der Waals surface area contributed by atoms with E-state index in [1.54, 1.807) is 19.2 Å². The Morgan fingerprint density at radius 3 is 2.81 bits per heavy atom. The van der Waals surface area contributed by atoms with Crippen LogP contribution in [0.15, 0.2) is 18.2 Å². The number of hydrogen-bond acceptors (Lipinski definition) is 3. The Morgan fingerprint density at radius 1 is 1.19 bits per heavy atom. The van der Waals surface area contributed by atoms with E-state index < -0.39 is 5.82 Å². The zero-order chi connectivity index (χ0) is 15.3. The highest BCUT2D eigenvalue weighted by Gasteiger charge is 2.04. The van der Waals surface area contributed by atoms with Gasteiger partial charge >= 0.3 is 0 Å². The van der Waals surface area contributed by atoms with Gasteiger partial charge < -0.3 is 14.2 Å². The highest BCUT2D eigenvalue weighted by Crippen LogP contribution is 2.18. The van der Waals surface area contributed by atoms with Gasteiger partial charge in [0.1, 0.15) is 6.61 Å². The van der Waals surface area contributed by atoms with E-state index in [-0.39, 0.29) is 5.75 Å². The monoisotopic (exact) mass is 314 g/mol. The average Bonchev–Trinajstić information content (AvgIpc) is 2.49. The Balaban J connectivity index is 2.37. The Kier molecular flexibility index (Phi) is 9.64. The first-order chi connectivity index (χ1) is 10.3. The van der Waals surface area contributed by atoms with Gasteiger partial charge in [-0.15, -0.1) is 11.6 Å². The van der Waals surface area contributed by atoms with Crippen molar-refractivity contribution in [2.75, 3.05) is 39.4 Å². The van der Waals surface area contributed by atoms with E-state index in [1.165, 1.54) is 6.07 Å². The average molecular weight is 315 g/mol. The summed E-state index contributed by atoms with van der Waals surface area (Å²) in [7, 11) is 1.65. The SMILES string of the molecule is COCCCOCCOc1cc(C#CCCCl)ccc1F. The molecule has 0 aliphatic heterocycles. The maximum absolute atomic E-state index is 13.6. The van der Waals surface area contributed by atoms with E-state index in [1.807, 2.05) is 0 Å². The summed E-state index contributed by atoms with van der Waals surface area (Å²) in [4.78, 5) is 0. The Bertz CT molecular complexity index is 468. The first-order valence-corrected chi connectivity index (χ1v) is 7.35. The normalized spacial score (nSPS) is 10.0. The molecule has 3 nitrogen and oxygen atoms in total.